The van der Waals surface area contributed by atoms with Crippen LogP contribution in [-0.2, 0) is 0 Å². The number of nitrogens with one attached hydrogen (secondary N) is 1. The molecule has 0 saturated heterocycles. The van der Waals surface area contributed by atoms with E-state index >= 15 is 0 Å². The first-order chi connectivity index (χ1) is 12.2. The van der Waals surface area contributed by atoms with Gasteiger partial charge in [0.15, 0.2) is 11.0 Å². The monoisotopic (exact) mass is 348 g/mol. The first-order valence-electron chi connectivity index (χ1n) is 7.57. The Balaban J connectivity index is 2.07. The Kier molecular flexibility index (Phi) is 5.17. The van der Waals surface area contributed by atoms with Gasteiger partial charge in [-0.2, -0.15) is 5.26 Å². The van der Waals surface area contributed by atoms with Crippen molar-refractivity contribution in [2.24, 2.45) is 0 Å². The third-order valence-corrected chi connectivity index (χ3v) is 4.13. The fourth-order valence-electron chi connectivity index (χ4n) is 2.34. The molecule has 0 spiro atoms. The van der Waals surface area contributed by atoms with Gasteiger partial charge in [0.2, 0.25) is 0 Å². The van der Waals surface area contributed by atoms with Crippen molar-refractivity contribution in [3.05, 3.63) is 60.2 Å². The van der Waals surface area contributed by atoms with Gasteiger partial charge in [-0.05, 0) is 30.5 Å². The second kappa shape index (κ2) is 7.69. The van der Waals surface area contributed by atoms with E-state index in [-0.39, 0.29) is 0 Å². The molecule has 2 aromatic carbocycles. The van der Waals surface area contributed by atoms with Crippen LogP contribution in [-0.4, -0.2) is 23.3 Å². The molecule has 0 radical (unpaired) electrons. The zero-order chi connectivity index (χ0) is 17.6. The summed E-state index contributed by atoms with van der Waals surface area (Å²) in [7, 11) is 1.62. The van der Waals surface area contributed by atoms with Crippen molar-refractivity contribution in [3.8, 4) is 23.1 Å². The molecule has 25 heavy (non-hydrogen) atoms. The molecule has 0 bridgehead atoms. The molecule has 3 rings (SSSR count). The molecule has 0 atom stereocenters. The van der Waals surface area contributed by atoms with Gasteiger partial charge >= 0.3 is 0 Å². The molecule has 1 N–H and O–H groups in total. The van der Waals surface area contributed by atoms with E-state index in [1.165, 1.54) is 11.8 Å². The van der Waals surface area contributed by atoms with E-state index in [0.29, 0.717) is 22.2 Å². The quantitative estimate of drug-likeness (QED) is 0.541. The molecule has 5 nitrogen and oxygen atoms in total. The number of aromatic nitrogens is 2. The first-order valence-corrected chi connectivity index (χ1v) is 8.80. The Bertz CT molecular complexity index is 905. The van der Waals surface area contributed by atoms with Gasteiger partial charge in [0, 0.05) is 11.3 Å². The van der Waals surface area contributed by atoms with Crippen LogP contribution in [0.4, 0.5) is 11.5 Å². The molecule has 3 aromatic rings. The van der Waals surface area contributed by atoms with Crippen LogP contribution in [0.25, 0.3) is 11.3 Å². The summed E-state index contributed by atoms with van der Waals surface area (Å²) in [5, 5.41) is 13.5. The van der Waals surface area contributed by atoms with Crippen LogP contribution in [0.5, 0.6) is 5.75 Å². The number of hydrogen-bond donors (Lipinski definition) is 1. The van der Waals surface area contributed by atoms with E-state index < -0.39 is 0 Å². The summed E-state index contributed by atoms with van der Waals surface area (Å²) in [5.74, 6) is 1.26. The molecule has 0 aliphatic rings. The van der Waals surface area contributed by atoms with Crippen LogP contribution < -0.4 is 10.1 Å². The lowest BCUT2D eigenvalue weighted by Gasteiger charge is -2.12. The van der Waals surface area contributed by atoms with Crippen LogP contribution in [0.1, 0.15) is 5.56 Å². The maximum Gasteiger partial charge on any atom is 0.189 e. The summed E-state index contributed by atoms with van der Waals surface area (Å²) in [4.78, 5) is 9.00. The third kappa shape index (κ3) is 3.73. The number of nitrogens with zero attached hydrogens (tertiary/aromatic N) is 3. The molecular weight excluding hydrogens is 332 g/mol. The van der Waals surface area contributed by atoms with Gasteiger partial charge < -0.3 is 10.1 Å². The number of rotatable bonds is 5. The topological polar surface area (TPSA) is 70.8 Å². The predicted octanol–water partition coefficient (Wildman–Crippen LogP) is 4.49. The predicted molar refractivity (Wildman–Crippen MR) is 100 cm³/mol. The number of methoxy groups -OCH3 is 1. The van der Waals surface area contributed by atoms with Crippen molar-refractivity contribution in [2.45, 2.75) is 5.16 Å². The highest BCUT2D eigenvalue weighted by atomic mass is 32.2. The minimum atomic E-state index is 0.416. The Morgan fingerprint density at radius 3 is 2.36 bits per heavy atom. The third-order valence-electron chi connectivity index (χ3n) is 3.58. The minimum Gasteiger partial charge on any atom is -0.497 e. The Morgan fingerprint density at radius 1 is 1.04 bits per heavy atom. The van der Waals surface area contributed by atoms with E-state index in [1.807, 2.05) is 60.9 Å². The Hall–Kier alpha value is -3.04. The summed E-state index contributed by atoms with van der Waals surface area (Å²) < 4.78 is 5.17. The highest BCUT2D eigenvalue weighted by Gasteiger charge is 2.16. The Morgan fingerprint density at radius 2 is 1.76 bits per heavy atom. The van der Waals surface area contributed by atoms with Crippen LogP contribution in [0.15, 0.2) is 59.8 Å². The van der Waals surface area contributed by atoms with E-state index in [1.54, 1.807) is 7.11 Å². The van der Waals surface area contributed by atoms with Gasteiger partial charge in [0.25, 0.3) is 0 Å². The van der Waals surface area contributed by atoms with Crippen molar-refractivity contribution in [1.29, 1.82) is 5.26 Å². The van der Waals surface area contributed by atoms with Gasteiger partial charge in [-0.1, -0.05) is 42.1 Å². The molecule has 0 amide bonds. The lowest BCUT2D eigenvalue weighted by molar-refractivity contribution is 0.415. The highest BCUT2D eigenvalue weighted by Crippen LogP contribution is 2.30. The van der Waals surface area contributed by atoms with E-state index in [2.05, 4.69) is 21.4 Å². The van der Waals surface area contributed by atoms with Crippen LogP contribution in [0.3, 0.4) is 0 Å². The second-order valence-electron chi connectivity index (χ2n) is 5.11. The van der Waals surface area contributed by atoms with E-state index in [0.717, 1.165) is 17.0 Å². The number of benzene rings is 2. The number of anilines is 2. The van der Waals surface area contributed by atoms with Crippen molar-refractivity contribution in [2.75, 3.05) is 18.7 Å². The summed E-state index contributed by atoms with van der Waals surface area (Å²) in [6.07, 6.45) is 1.91. The van der Waals surface area contributed by atoms with Gasteiger partial charge in [-0.3, -0.25) is 0 Å². The number of thioether (sulfide) groups is 1. The second-order valence-corrected chi connectivity index (χ2v) is 5.89. The van der Waals surface area contributed by atoms with Crippen molar-refractivity contribution < 1.29 is 4.74 Å². The largest absolute Gasteiger partial charge is 0.497 e. The molecule has 6 heteroatoms. The van der Waals surface area contributed by atoms with Crippen molar-refractivity contribution >= 4 is 23.3 Å². The summed E-state index contributed by atoms with van der Waals surface area (Å²) in [5.41, 5.74) is 2.75. The summed E-state index contributed by atoms with van der Waals surface area (Å²) in [6.45, 7) is 0. The van der Waals surface area contributed by atoms with Crippen LogP contribution in [0.2, 0.25) is 0 Å². The molecule has 0 aliphatic carbocycles. The molecule has 0 fully saturated rings. The van der Waals surface area contributed by atoms with Gasteiger partial charge in [0.05, 0.1) is 12.8 Å². The molecule has 0 saturated carbocycles. The van der Waals surface area contributed by atoms with E-state index in [9.17, 15) is 5.26 Å². The van der Waals surface area contributed by atoms with Crippen molar-refractivity contribution in [3.63, 3.8) is 0 Å². The zero-order valence-electron chi connectivity index (χ0n) is 13.9. The maximum atomic E-state index is 9.69. The molecule has 124 valence electrons. The van der Waals surface area contributed by atoms with Gasteiger partial charge in [-0.25, -0.2) is 9.97 Å². The van der Waals surface area contributed by atoms with E-state index in [4.69, 9.17) is 4.74 Å². The molecule has 0 aliphatic heterocycles. The molecule has 1 aromatic heterocycles. The van der Waals surface area contributed by atoms with Crippen molar-refractivity contribution in [1.82, 2.24) is 9.97 Å². The molecule has 1 heterocycles. The SMILES string of the molecule is COc1ccc(Nc2nc(SC)nc(-c3ccccc3)c2C#N)cc1. The molecular formula is C19H16N4OS. The fraction of sp³-hybridized carbons (Fsp3) is 0.105. The van der Waals surface area contributed by atoms with Gasteiger partial charge in [0.1, 0.15) is 17.4 Å². The molecule has 0 unspecified atom stereocenters. The van der Waals surface area contributed by atoms with Crippen LogP contribution >= 0.6 is 11.8 Å². The number of ether oxygens (including phenoxy) is 1. The summed E-state index contributed by atoms with van der Waals surface area (Å²) >= 11 is 1.44. The maximum absolute atomic E-state index is 9.69. The lowest BCUT2D eigenvalue weighted by atomic mass is 10.1. The smallest absolute Gasteiger partial charge is 0.189 e. The average Bonchev–Trinajstić information content (AvgIpc) is 2.68. The number of hydrogen-bond acceptors (Lipinski definition) is 6. The first kappa shape index (κ1) is 16.8. The summed E-state index contributed by atoms with van der Waals surface area (Å²) in [6, 6.07) is 19.3. The van der Waals surface area contributed by atoms with Crippen LogP contribution in [0, 0.1) is 11.3 Å². The normalized spacial score (nSPS) is 10.1. The number of nitriles is 1. The fourth-order valence-corrected chi connectivity index (χ4v) is 2.71. The minimum absolute atomic E-state index is 0.416. The van der Waals surface area contributed by atoms with Gasteiger partial charge in [-0.15, -0.1) is 0 Å². The average molecular weight is 348 g/mol. The highest BCUT2D eigenvalue weighted by molar-refractivity contribution is 7.98. The standard InChI is InChI=1S/C19H16N4OS/c1-24-15-10-8-14(9-11-15)21-18-16(12-20)17(22-19(23-18)25-2)13-6-4-3-5-7-13/h3-11H,1-2H3,(H,21,22,23). The lowest BCUT2D eigenvalue weighted by Crippen LogP contribution is -2.03. The Labute approximate surface area is 150 Å². The zero-order valence-corrected chi connectivity index (χ0v) is 14.7.